The van der Waals surface area contributed by atoms with Crippen LogP contribution in [0.3, 0.4) is 0 Å². The third-order valence-electron chi connectivity index (χ3n) is 9.74. The summed E-state index contributed by atoms with van der Waals surface area (Å²) in [5.74, 6) is 0. The average Bonchev–Trinajstić information content (AvgIpc) is 3.22. The number of fused-ring (bicyclic) bond motifs is 1. The summed E-state index contributed by atoms with van der Waals surface area (Å²) >= 11 is 0. The molecule has 0 aliphatic carbocycles. The molecule has 0 N–H and O–H groups in total. The van der Waals surface area contributed by atoms with E-state index in [1.165, 1.54) is 33.0 Å². The highest BCUT2D eigenvalue weighted by molar-refractivity contribution is 5.89. The molecular formula is C52H42N2. The third kappa shape index (κ3) is 7.94. The fourth-order valence-electron chi connectivity index (χ4n) is 6.78. The summed E-state index contributed by atoms with van der Waals surface area (Å²) in [4.78, 5) is 4.59. The molecule has 0 aliphatic heterocycles. The minimum Gasteiger partial charge on any atom is -0.311 e. The molecule has 8 rings (SSSR count). The molecule has 2 nitrogen and oxygen atoms in total. The second-order valence-electron chi connectivity index (χ2n) is 13.7. The molecule has 2 heteroatoms. The second kappa shape index (κ2) is 15.8. The van der Waals surface area contributed by atoms with Gasteiger partial charge in [-0.3, -0.25) is 0 Å². The van der Waals surface area contributed by atoms with Gasteiger partial charge < -0.3 is 9.80 Å². The lowest BCUT2D eigenvalue weighted by molar-refractivity contribution is 1.27. The van der Waals surface area contributed by atoms with Gasteiger partial charge in [0.15, 0.2) is 0 Å². The van der Waals surface area contributed by atoms with Gasteiger partial charge in [0, 0.05) is 34.1 Å². The van der Waals surface area contributed by atoms with Gasteiger partial charge in [0.2, 0.25) is 0 Å². The highest BCUT2D eigenvalue weighted by atomic mass is 15.1. The molecule has 8 aromatic rings. The predicted molar refractivity (Wildman–Crippen MR) is 234 cm³/mol. The second-order valence-corrected chi connectivity index (χ2v) is 13.7. The summed E-state index contributed by atoms with van der Waals surface area (Å²) in [5, 5.41) is 2.45. The van der Waals surface area contributed by atoms with Crippen LogP contribution in [0.1, 0.15) is 33.4 Å². The average molecular weight is 695 g/mol. The fourth-order valence-corrected chi connectivity index (χ4v) is 6.78. The highest BCUT2D eigenvalue weighted by Gasteiger charge is 2.13. The summed E-state index contributed by atoms with van der Waals surface area (Å²) < 4.78 is 0. The molecule has 0 amide bonds. The summed E-state index contributed by atoms with van der Waals surface area (Å²) in [6, 6.07) is 69.3. The van der Waals surface area contributed by atoms with Crippen molar-refractivity contribution in [1.29, 1.82) is 0 Å². The first-order chi connectivity index (χ1) is 26.6. The number of rotatable bonds is 10. The zero-order chi connectivity index (χ0) is 36.7. The van der Waals surface area contributed by atoms with Gasteiger partial charge in [-0.2, -0.15) is 0 Å². The van der Waals surface area contributed by atoms with E-state index in [4.69, 9.17) is 0 Å². The SMILES string of the molecule is Cc1ccc(N(c2ccccc2)c2ccc(/C=C/c3ccc4cc(/C=C/c5ccc(N(c6ccccc6)c6ccc(C)cc6)cc5)ccc4c3)cc2)cc1. The van der Waals surface area contributed by atoms with Crippen LogP contribution in [0.15, 0.2) is 194 Å². The van der Waals surface area contributed by atoms with E-state index in [-0.39, 0.29) is 0 Å². The van der Waals surface area contributed by atoms with Crippen molar-refractivity contribution < 1.29 is 0 Å². The molecule has 260 valence electrons. The number of hydrogen-bond acceptors (Lipinski definition) is 2. The first-order valence-electron chi connectivity index (χ1n) is 18.5. The van der Waals surface area contributed by atoms with Crippen molar-refractivity contribution in [2.75, 3.05) is 9.80 Å². The molecule has 8 aromatic carbocycles. The van der Waals surface area contributed by atoms with Crippen LogP contribution in [0.25, 0.3) is 35.1 Å². The number of hydrogen-bond donors (Lipinski definition) is 0. The van der Waals surface area contributed by atoms with Gasteiger partial charge in [-0.15, -0.1) is 0 Å². The van der Waals surface area contributed by atoms with Crippen molar-refractivity contribution in [2.45, 2.75) is 13.8 Å². The van der Waals surface area contributed by atoms with E-state index >= 15 is 0 Å². The van der Waals surface area contributed by atoms with Gasteiger partial charge in [0.1, 0.15) is 0 Å². The molecule has 0 spiro atoms. The van der Waals surface area contributed by atoms with Crippen LogP contribution in [0.5, 0.6) is 0 Å². The minimum atomic E-state index is 1.13. The van der Waals surface area contributed by atoms with Crippen LogP contribution in [0, 0.1) is 13.8 Å². The monoisotopic (exact) mass is 694 g/mol. The maximum absolute atomic E-state index is 2.29. The zero-order valence-corrected chi connectivity index (χ0v) is 30.7. The van der Waals surface area contributed by atoms with Crippen molar-refractivity contribution in [3.63, 3.8) is 0 Å². The topological polar surface area (TPSA) is 6.48 Å². The Bertz CT molecular complexity index is 2330. The predicted octanol–water partition coefficient (Wildman–Crippen LogP) is 14.7. The van der Waals surface area contributed by atoms with Gasteiger partial charge in [0.05, 0.1) is 0 Å². The highest BCUT2D eigenvalue weighted by Crippen LogP contribution is 2.36. The van der Waals surface area contributed by atoms with E-state index < -0.39 is 0 Å². The summed E-state index contributed by atoms with van der Waals surface area (Å²) in [7, 11) is 0. The van der Waals surface area contributed by atoms with E-state index in [0.29, 0.717) is 0 Å². The molecule has 0 aromatic heterocycles. The van der Waals surface area contributed by atoms with Crippen molar-refractivity contribution >= 4 is 69.2 Å². The maximum atomic E-state index is 2.29. The Morgan fingerprint density at radius 1 is 0.278 bits per heavy atom. The van der Waals surface area contributed by atoms with Gasteiger partial charge in [-0.1, -0.05) is 145 Å². The summed E-state index contributed by atoms with van der Waals surface area (Å²) in [6.45, 7) is 4.24. The lowest BCUT2D eigenvalue weighted by Gasteiger charge is -2.25. The molecule has 0 heterocycles. The number of benzene rings is 8. The van der Waals surface area contributed by atoms with Crippen LogP contribution in [0.2, 0.25) is 0 Å². The molecule has 0 fully saturated rings. The lowest BCUT2D eigenvalue weighted by atomic mass is 10.0. The van der Waals surface area contributed by atoms with Crippen LogP contribution in [0.4, 0.5) is 34.1 Å². The molecular weight excluding hydrogens is 653 g/mol. The van der Waals surface area contributed by atoms with E-state index in [9.17, 15) is 0 Å². The van der Waals surface area contributed by atoms with Gasteiger partial charge >= 0.3 is 0 Å². The van der Waals surface area contributed by atoms with Crippen molar-refractivity contribution in [1.82, 2.24) is 0 Å². The smallest absolute Gasteiger partial charge is 0.0462 e. The molecule has 0 saturated heterocycles. The zero-order valence-electron chi connectivity index (χ0n) is 30.7. The van der Waals surface area contributed by atoms with Gasteiger partial charge in [-0.25, -0.2) is 0 Å². The Morgan fingerprint density at radius 3 is 0.907 bits per heavy atom. The van der Waals surface area contributed by atoms with E-state index in [0.717, 1.165) is 45.3 Å². The third-order valence-corrected chi connectivity index (χ3v) is 9.74. The Balaban J connectivity index is 0.954. The van der Waals surface area contributed by atoms with E-state index in [1.54, 1.807) is 0 Å². The Labute approximate surface area is 319 Å². The summed E-state index contributed by atoms with van der Waals surface area (Å²) in [6.07, 6.45) is 8.76. The number of para-hydroxylation sites is 2. The Hall–Kier alpha value is -6.90. The first kappa shape index (κ1) is 34.2. The molecule has 0 atom stereocenters. The number of anilines is 6. The maximum Gasteiger partial charge on any atom is 0.0462 e. The van der Waals surface area contributed by atoms with E-state index in [1.807, 2.05) is 0 Å². The normalized spacial score (nSPS) is 11.4. The molecule has 0 saturated carbocycles. The molecule has 0 unspecified atom stereocenters. The quantitative estimate of drug-likeness (QED) is 0.132. The van der Waals surface area contributed by atoms with Crippen LogP contribution in [-0.2, 0) is 0 Å². The molecule has 54 heavy (non-hydrogen) atoms. The first-order valence-corrected chi connectivity index (χ1v) is 18.5. The molecule has 0 aliphatic rings. The Morgan fingerprint density at radius 2 is 0.556 bits per heavy atom. The van der Waals surface area contributed by atoms with Crippen molar-refractivity contribution in [2.24, 2.45) is 0 Å². The minimum absolute atomic E-state index is 1.13. The lowest BCUT2D eigenvalue weighted by Crippen LogP contribution is -2.09. The fraction of sp³-hybridized carbons (Fsp3) is 0.0385. The largest absolute Gasteiger partial charge is 0.311 e. The van der Waals surface area contributed by atoms with Crippen LogP contribution in [-0.4, -0.2) is 0 Å². The van der Waals surface area contributed by atoms with Crippen molar-refractivity contribution in [3.05, 3.63) is 228 Å². The van der Waals surface area contributed by atoms with Gasteiger partial charge in [-0.05, 0) is 132 Å². The van der Waals surface area contributed by atoms with Crippen LogP contribution < -0.4 is 9.80 Å². The van der Waals surface area contributed by atoms with Crippen LogP contribution >= 0.6 is 0 Å². The summed E-state index contributed by atoms with van der Waals surface area (Å²) in [5.41, 5.74) is 14.0. The number of aryl methyl sites for hydroxylation is 2. The van der Waals surface area contributed by atoms with Gasteiger partial charge in [0.25, 0.3) is 0 Å². The molecule has 0 radical (unpaired) electrons. The standard InChI is InChI=1S/C52H42N2/c1-39-13-29-49(30-14-39)53(47-9-5-3-6-10-47)51-33-23-41(24-34-51)17-19-43-21-27-46-38-44(22-28-45(46)37-43)20-18-42-25-35-52(36-26-42)54(48-11-7-4-8-12-48)50-31-15-40(2)16-32-50/h3-38H,1-2H3/b19-17+,20-18+. The molecule has 0 bridgehead atoms. The Kier molecular flexibility index (Phi) is 9.99. The van der Waals surface area contributed by atoms with Crippen molar-refractivity contribution in [3.8, 4) is 0 Å². The number of nitrogens with zero attached hydrogens (tertiary/aromatic N) is 2. The van der Waals surface area contributed by atoms with E-state index in [2.05, 4.69) is 242 Å².